The van der Waals surface area contributed by atoms with E-state index in [1.165, 1.54) is 6.26 Å². The number of nitrogens with zero attached hydrogens (tertiary/aromatic N) is 2. The maximum atomic E-state index is 11.9. The molecule has 2 fully saturated rings. The SMILES string of the molecule is CC(C)N1CCC[C@@]2(CCCN2S(C)(=O)=O)C1. The van der Waals surface area contributed by atoms with E-state index in [2.05, 4.69) is 18.7 Å². The summed E-state index contributed by atoms with van der Waals surface area (Å²) in [5, 5.41) is 0. The smallest absolute Gasteiger partial charge is 0.211 e. The van der Waals surface area contributed by atoms with Gasteiger partial charge in [-0.25, -0.2) is 8.42 Å². The van der Waals surface area contributed by atoms with Crippen LogP contribution in [0, 0.1) is 0 Å². The predicted molar refractivity (Wildman–Crippen MR) is 69.5 cm³/mol. The molecule has 4 nitrogen and oxygen atoms in total. The summed E-state index contributed by atoms with van der Waals surface area (Å²) in [7, 11) is -3.05. The third kappa shape index (κ3) is 2.51. The second kappa shape index (κ2) is 4.52. The Morgan fingerprint density at radius 1 is 1.12 bits per heavy atom. The van der Waals surface area contributed by atoms with Crippen LogP contribution < -0.4 is 0 Å². The average Bonchev–Trinajstić information content (AvgIpc) is 2.61. The number of hydrogen-bond acceptors (Lipinski definition) is 3. The van der Waals surface area contributed by atoms with Crippen molar-refractivity contribution in [1.82, 2.24) is 9.21 Å². The van der Waals surface area contributed by atoms with Crippen molar-refractivity contribution in [3.8, 4) is 0 Å². The van der Waals surface area contributed by atoms with E-state index in [0.29, 0.717) is 12.6 Å². The van der Waals surface area contributed by atoms with E-state index in [1.54, 1.807) is 4.31 Å². The first kappa shape index (κ1) is 13.3. The van der Waals surface area contributed by atoms with E-state index in [0.717, 1.165) is 38.8 Å². The Morgan fingerprint density at radius 2 is 1.71 bits per heavy atom. The van der Waals surface area contributed by atoms with Crippen LogP contribution in [0.2, 0.25) is 0 Å². The standard InChI is InChI=1S/C12H24N2O2S/c1-11(2)13-8-4-6-12(10-13)7-5-9-14(12)17(3,15)16/h11H,4-10H2,1-3H3/t12-/m1/s1. The number of hydrogen-bond donors (Lipinski definition) is 0. The summed E-state index contributed by atoms with van der Waals surface area (Å²) in [6.07, 6.45) is 5.55. The zero-order valence-corrected chi connectivity index (χ0v) is 12.0. The Labute approximate surface area is 105 Å². The summed E-state index contributed by atoms with van der Waals surface area (Å²) >= 11 is 0. The lowest BCUT2D eigenvalue weighted by Gasteiger charge is -2.46. The summed E-state index contributed by atoms with van der Waals surface area (Å²) in [6.45, 7) is 7.12. The van der Waals surface area contributed by atoms with Gasteiger partial charge in [-0.15, -0.1) is 0 Å². The molecule has 2 rings (SSSR count). The van der Waals surface area contributed by atoms with Crippen LogP contribution in [0.5, 0.6) is 0 Å². The second-order valence-corrected chi connectivity index (χ2v) is 7.74. The molecule has 100 valence electrons. The monoisotopic (exact) mass is 260 g/mol. The van der Waals surface area contributed by atoms with E-state index in [9.17, 15) is 8.42 Å². The zero-order valence-electron chi connectivity index (χ0n) is 11.1. The first-order valence-electron chi connectivity index (χ1n) is 6.57. The fraction of sp³-hybridized carbons (Fsp3) is 1.00. The van der Waals surface area contributed by atoms with Crippen molar-refractivity contribution in [3.63, 3.8) is 0 Å². The maximum absolute atomic E-state index is 11.9. The molecule has 1 spiro atoms. The zero-order chi connectivity index (χ0) is 12.7. The Hall–Kier alpha value is -0.130. The van der Waals surface area contributed by atoms with Crippen LogP contribution >= 0.6 is 0 Å². The quantitative estimate of drug-likeness (QED) is 0.751. The fourth-order valence-corrected chi connectivity index (χ4v) is 4.83. The highest BCUT2D eigenvalue weighted by atomic mass is 32.2. The molecule has 0 bridgehead atoms. The molecule has 1 atom stereocenters. The molecule has 0 saturated carbocycles. The van der Waals surface area contributed by atoms with Gasteiger partial charge in [0.2, 0.25) is 10.0 Å². The minimum absolute atomic E-state index is 0.101. The summed E-state index contributed by atoms with van der Waals surface area (Å²) in [5.41, 5.74) is -0.101. The van der Waals surface area contributed by atoms with Gasteiger partial charge in [-0.05, 0) is 46.1 Å². The van der Waals surface area contributed by atoms with Crippen LogP contribution in [0.15, 0.2) is 0 Å². The summed E-state index contributed by atoms with van der Waals surface area (Å²) in [5.74, 6) is 0. The summed E-state index contributed by atoms with van der Waals surface area (Å²) < 4.78 is 25.6. The molecule has 0 aliphatic carbocycles. The molecule has 0 unspecified atom stereocenters. The Morgan fingerprint density at radius 3 is 2.24 bits per heavy atom. The number of sulfonamides is 1. The first-order valence-corrected chi connectivity index (χ1v) is 8.42. The molecule has 0 amide bonds. The van der Waals surface area contributed by atoms with Crippen LogP contribution in [0.4, 0.5) is 0 Å². The molecule has 2 aliphatic heterocycles. The van der Waals surface area contributed by atoms with Crippen molar-refractivity contribution in [2.24, 2.45) is 0 Å². The van der Waals surface area contributed by atoms with Gasteiger partial charge in [0.15, 0.2) is 0 Å². The molecule has 0 aromatic carbocycles. The molecule has 2 saturated heterocycles. The molecule has 2 heterocycles. The highest BCUT2D eigenvalue weighted by Crippen LogP contribution is 2.39. The van der Waals surface area contributed by atoms with Crippen LogP contribution in [0.1, 0.15) is 39.5 Å². The number of rotatable bonds is 2. The predicted octanol–water partition coefficient (Wildman–Crippen LogP) is 1.28. The van der Waals surface area contributed by atoms with Gasteiger partial charge in [-0.2, -0.15) is 4.31 Å². The van der Waals surface area contributed by atoms with Gasteiger partial charge in [0, 0.05) is 24.7 Å². The number of piperidine rings is 1. The van der Waals surface area contributed by atoms with Gasteiger partial charge in [0.05, 0.1) is 6.26 Å². The fourth-order valence-electron chi connectivity index (χ4n) is 3.43. The highest BCUT2D eigenvalue weighted by molar-refractivity contribution is 7.88. The van der Waals surface area contributed by atoms with Gasteiger partial charge in [0.1, 0.15) is 0 Å². The third-order valence-electron chi connectivity index (χ3n) is 4.25. The molecule has 0 aromatic rings. The van der Waals surface area contributed by atoms with Gasteiger partial charge in [-0.1, -0.05) is 0 Å². The van der Waals surface area contributed by atoms with E-state index in [1.807, 2.05) is 0 Å². The van der Waals surface area contributed by atoms with Crippen LogP contribution in [-0.4, -0.2) is 55.1 Å². The molecule has 0 radical (unpaired) electrons. The second-order valence-electron chi connectivity index (χ2n) is 5.83. The Kier molecular flexibility index (Phi) is 3.54. The molecular formula is C12H24N2O2S. The molecule has 0 N–H and O–H groups in total. The van der Waals surface area contributed by atoms with Crippen molar-refractivity contribution in [2.75, 3.05) is 25.9 Å². The normalized spacial score (nSPS) is 32.7. The molecule has 0 aromatic heterocycles. The lowest BCUT2D eigenvalue weighted by atomic mass is 9.87. The Bertz CT molecular complexity index is 380. The third-order valence-corrected chi connectivity index (χ3v) is 5.62. The Balaban J connectivity index is 2.23. The maximum Gasteiger partial charge on any atom is 0.211 e. The topological polar surface area (TPSA) is 40.6 Å². The summed E-state index contributed by atoms with van der Waals surface area (Å²) in [4.78, 5) is 2.42. The number of likely N-dealkylation sites (tertiary alicyclic amines) is 1. The van der Waals surface area contributed by atoms with Crippen molar-refractivity contribution >= 4 is 10.0 Å². The van der Waals surface area contributed by atoms with Gasteiger partial charge < -0.3 is 0 Å². The van der Waals surface area contributed by atoms with Gasteiger partial charge in [0.25, 0.3) is 0 Å². The lowest BCUT2D eigenvalue weighted by Crippen LogP contribution is -2.58. The van der Waals surface area contributed by atoms with Crippen molar-refractivity contribution in [1.29, 1.82) is 0 Å². The molecule has 5 heteroatoms. The molecule has 17 heavy (non-hydrogen) atoms. The minimum atomic E-state index is -3.05. The largest absolute Gasteiger partial charge is 0.299 e. The van der Waals surface area contributed by atoms with Crippen molar-refractivity contribution in [3.05, 3.63) is 0 Å². The molecule has 2 aliphatic rings. The average molecular weight is 260 g/mol. The van der Waals surface area contributed by atoms with E-state index in [4.69, 9.17) is 0 Å². The first-order chi connectivity index (χ1) is 7.85. The van der Waals surface area contributed by atoms with Crippen LogP contribution in [0.3, 0.4) is 0 Å². The lowest BCUT2D eigenvalue weighted by molar-refractivity contribution is 0.0688. The van der Waals surface area contributed by atoms with Gasteiger partial charge >= 0.3 is 0 Å². The van der Waals surface area contributed by atoms with Crippen LogP contribution in [-0.2, 0) is 10.0 Å². The molecular weight excluding hydrogens is 236 g/mol. The minimum Gasteiger partial charge on any atom is -0.299 e. The van der Waals surface area contributed by atoms with Crippen molar-refractivity contribution in [2.45, 2.75) is 51.1 Å². The van der Waals surface area contributed by atoms with Gasteiger partial charge in [-0.3, -0.25) is 4.90 Å². The summed E-state index contributed by atoms with van der Waals surface area (Å²) in [6, 6.07) is 0.509. The van der Waals surface area contributed by atoms with Crippen LogP contribution in [0.25, 0.3) is 0 Å². The van der Waals surface area contributed by atoms with E-state index in [-0.39, 0.29) is 5.54 Å². The van der Waals surface area contributed by atoms with E-state index >= 15 is 0 Å². The van der Waals surface area contributed by atoms with Crippen molar-refractivity contribution < 1.29 is 8.42 Å². The highest BCUT2D eigenvalue weighted by Gasteiger charge is 2.47. The van der Waals surface area contributed by atoms with E-state index < -0.39 is 10.0 Å².